The maximum absolute atomic E-state index is 11.4. The van der Waals surface area contributed by atoms with Gasteiger partial charge >= 0.3 is 6.09 Å². The lowest BCUT2D eigenvalue weighted by Gasteiger charge is -2.22. The standard InChI is InChI=1S/C17H17ClN4O3S/c1-9-12(7-10-4-6-25-17(23)20-10)26-14-13(9)21-16(18)22-15(14)19-8-11-3-2-5-24-11/h2-3,5,10H,4,6-8H2,1H3,(H,20,23)(H,19,21,22)/t10-/m0/s1. The first-order chi connectivity index (χ1) is 12.6. The number of fused-ring (bicyclic) bond motifs is 1. The Morgan fingerprint density at radius 3 is 3.12 bits per heavy atom. The molecule has 4 heterocycles. The highest BCUT2D eigenvalue weighted by molar-refractivity contribution is 7.19. The number of ether oxygens (including phenoxy) is 1. The first-order valence-corrected chi connectivity index (χ1v) is 9.44. The van der Waals surface area contributed by atoms with Crippen LogP contribution in [-0.2, 0) is 17.7 Å². The summed E-state index contributed by atoms with van der Waals surface area (Å²) in [6, 6.07) is 3.80. The fourth-order valence-electron chi connectivity index (χ4n) is 2.96. The molecule has 9 heteroatoms. The minimum Gasteiger partial charge on any atom is -0.467 e. The van der Waals surface area contributed by atoms with Crippen LogP contribution in [0.15, 0.2) is 22.8 Å². The Morgan fingerprint density at radius 2 is 2.35 bits per heavy atom. The predicted molar refractivity (Wildman–Crippen MR) is 99.8 cm³/mol. The van der Waals surface area contributed by atoms with Crippen LogP contribution >= 0.6 is 22.9 Å². The van der Waals surface area contributed by atoms with Crippen molar-refractivity contribution in [2.75, 3.05) is 11.9 Å². The second-order valence-corrected chi connectivity index (χ2v) is 7.52. The number of aryl methyl sites for hydroxylation is 1. The number of carbonyl (C=O) groups is 1. The van der Waals surface area contributed by atoms with Crippen molar-refractivity contribution in [3.63, 3.8) is 0 Å². The second-order valence-electron chi connectivity index (χ2n) is 6.07. The summed E-state index contributed by atoms with van der Waals surface area (Å²) in [7, 11) is 0. The third-order valence-corrected chi connectivity index (χ3v) is 5.78. The number of thiophene rings is 1. The summed E-state index contributed by atoms with van der Waals surface area (Å²) >= 11 is 7.74. The maximum Gasteiger partial charge on any atom is 0.407 e. The average Bonchev–Trinajstić information content (AvgIpc) is 3.23. The number of carbonyl (C=O) groups excluding carboxylic acids is 1. The van der Waals surface area contributed by atoms with E-state index in [-0.39, 0.29) is 17.4 Å². The lowest BCUT2D eigenvalue weighted by atomic mass is 10.1. The Kier molecular flexibility index (Phi) is 4.69. The third-order valence-electron chi connectivity index (χ3n) is 4.30. The van der Waals surface area contributed by atoms with Crippen LogP contribution in [0, 0.1) is 6.92 Å². The van der Waals surface area contributed by atoms with Gasteiger partial charge in [0.1, 0.15) is 11.6 Å². The average molecular weight is 393 g/mol. The van der Waals surface area contributed by atoms with Crippen LogP contribution in [0.4, 0.5) is 10.6 Å². The first kappa shape index (κ1) is 17.1. The zero-order chi connectivity index (χ0) is 18.1. The topological polar surface area (TPSA) is 89.3 Å². The molecule has 1 fully saturated rings. The van der Waals surface area contributed by atoms with Crippen molar-refractivity contribution in [1.82, 2.24) is 15.3 Å². The molecule has 0 spiro atoms. The number of rotatable bonds is 5. The molecule has 2 N–H and O–H groups in total. The van der Waals surface area contributed by atoms with E-state index in [4.69, 9.17) is 20.8 Å². The molecule has 0 aliphatic carbocycles. The van der Waals surface area contributed by atoms with Gasteiger partial charge in [-0.15, -0.1) is 11.3 Å². The Balaban J connectivity index is 1.62. The van der Waals surface area contributed by atoms with E-state index < -0.39 is 0 Å². The van der Waals surface area contributed by atoms with Crippen molar-refractivity contribution in [2.24, 2.45) is 0 Å². The SMILES string of the molecule is Cc1c(C[C@@H]2CCOC(=O)N2)sc2c(NCc3ccco3)nc(Cl)nc12. The summed E-state index contributed by atoms with van der Waals surface area (Å²) in [6.07, 6.45) is 2.80. The molecule has 4 rings (SSSR count). The van der Waals surface area contributed by atoms with Crippen molar-refractivity contribution in [3.8, 4) is 0 Å². The molecule has 26 heavy (non-hydrogen) atoms. The van der Waals surface area contributed by atoms with E-state index in [2.05, 4.69) is 20.6 Å². The summed E-state index contributed by atoms with van der Waals surface area (Å²) in [5.74, 6) is 1.50. The van der Waals surface area contributed by atoms with Gasteiger partial charge in [-0.05, 0) is 36.2 Å². The number of furan rings is 1. The van der Waals surface area contributed by atoms with Gasteiger partial charge in [-0.3, -0.25) is 0 Å². The number of amides is 1. The minimum atomic E-state index is -0.358. The van der Waals surface area contributed by atoms with E-state index in [0.717, 1.165) is 39.3 Å². The van der Waals surface area contributed by atoms with Gasteiger partial charge in [-0.2, -0.15) is 4.98 Å². The minimum absolute atomic E-state index is 0.0611. The van der Waals surface area contributed by atoms with Gasteiger partial charge in [0.15, 0.2) is 0 Å². The predicted octanol–water partition coefficient (Wildman–Crippen LogP) is 3.90. The van der Waals surface area contributed by atoms with Crippen LogP contribution in [0.5, 0.6) is 0 Å². The van der Waals surface area contributed by atoms with Gasteiger partial charge in [0.2, 0.25) is 5.28 Å². The van der Waals surface area contributed by atoms with Crippen LogP contribution in [-0.4, -0.2) is 28.7 Å². The van der Waals surface area contributed by atoms with E-state index in [1.807, 2.05) is 19.1 Å². The quantitative estimate of drug-likeness (QED) is 0.640. The molecule has 136 valence electrons. The molecule has 0 radical (unpaired) electrons. The largest absolute Gasteiger partial charge is 0.467 e. The molecule has 0 saturated carbocycles. The van der Waals surface area contributed by atoms with Crippen molar-refractivity contribution in [3.05, 3.63) is 39.9 Å². The second kappa shape index (κ2) is 7.13. The van der Waals surface area contributed by atoms with Crippen LogP contribution in [0.3, 0.4) is 0 Å². The highest BCUT2D eigenvalue weighted by Gasteiger charge is 2.23. The molecule has 0 bridgehead atoms. The van der Waals surface area contributed by atoms with Crippen molar-refractivity contribution >= 4 is 45.1 Å². The van der Waals surface area contributed by atoms with Crippen molar-refractivity contribution in [1.29, 1.82) is 0 Å². The molecule has 0 unspecified atom stereocenters. The Morgan fingerprint density at radius 1 is 1.46 bits per heavy atom. The van der Waals surface area contributed by atoms with Gasteiger partial charge in [-0.25, -0.2) is 9.78 Å². The highest BCUT2D eigenvalue weighted by Crippen LogP contribution is 2.36. The highest BCUT2D eigenvalue weighted by atomic mass is 35.5. The lowest BCUT2D eigenvalue weighted by Crippen LogP contribution is -2.42. The number of nitrogens with zero attached hydrogens (tertiary/aromatic N) is 2. The zero-order valence-corrected chi connectivity index (χ0v) is 15.6. The molecule has 1 atom stereocenters. The van der Waals surface area contributed by atoms with E-state index in [1.54, 1.807) is 17.6 Å². The smallest absolute Gasteiger partial charge is 0.407 e. The summed E-state index contributed by atoms with van der Waals surface area (Å²) in [5.41, 5.74) is 1.90. The van der Waals surface area contributed by atoms with E-state index in [1.165, 1.54) is 0 Å². The molecule has 1 amide bonds. The molecule has 3 aromatic rings. The van der Waals surface area contributed by atoms with Gasteiger partial charge < -0.3 is 19.8 Å². The maximum atomic E-state index is 11.4. The molecule has 3 aromatic heterocycles. The molecular weight excluding hydrogens is 376 g/mol. The van der Waals surface area contributed by atoms with Crippen molar-refractivity contribution < 1.29 is 13.9 Å². The van der Waals surface area contributed by atoms with Crippen molar-refractivity contribution in [2.45, 2.75) is 32.4 Å². The zero-order valence-electron chi connectivity index (χ0n) is 14.0. The number of nitrogens with one attached hydrogen (secondary N) is 2. The number of anilines is 1. The number of halogens is 1. The number of alkyl carbamates (subject to hydrolysis) is 1. The number of aromatic nitrogens is 2. The molecule has 1 saturated heterocycles. The number of hydrogen-bond acceptors (Lipinski definition) is 7. The summed E-state index contributed by atoms with van der Waals surface area (Å²) in [6.45, 7) is 2.98. The number of hydrogen-bond donors (Lipinski definition) is 2. The van der Waals surface area contributed by atoms with Gasteiger partial charge in [0.25, 0.3) is 0 Å². The first-order valence-electron chi connectivity index (χ1n) is 8.25. The van der Waals surface area contributed by atoms with Crippen LogP contribution in [0.2, 0.25) is 5.28 Å². The summed E-state index contributed by atoms with van der Waals surface area (Å²) in [4.78, 5) is 21.3. The number of cyclic esters (lactones) is 1. The Bertz CT molecular complexity index is 941. The molecular formula is C17H17ClN4O3S. The molecule has 1 aliphatic heterocycles. The van der Waals surface area contributed by atoms with Gasteiger partial charge in [-0.1, -0.05) is 0 Å². The normalized spacial score (nSPS) is 17.2. The molecule has 1 aliphatic rings. The molecule has 7 nitrogen and oxygen atoms in total. The van der Waals surface area contributed by atoms with Crippen LogP contribution in [0.25, 0.3) is 10.2 Å². The van der Waals surface area contributed by atoms with Gasteiger partial charge in [0.05, 0.1) is 29.6 Å². The summed E-state index contributed by atoms with van der Waals surface area (Å²) in [5, 5.41) is 6.34. The Hall–Kier alpha value is -2.32. The fraction of sp³-hybridized carbons (Fsp3) is 0.353. The van der Waals surface area contributed by atoms with E-state index in [0.29, 0.717) is 19.0 Å². The third kappa shape index (κ3) is 3.47. The van der Waals surface area contributed by atoms with Crippen LogP contribution < -0.4 is 10.6 Å². The Labute approximate surface area is 158 Å². The summed E-state index contributed by atoms with van der Waals surface area (Å²) < 4.78 is 11.2. The van der Waals surface area contributed by atoms with Crippen LogP contribution in [0.1, 0.15) is 22.6 Å². The van der Waals surface area contributed by atoms with E-state index >= 15 is 0 Å². The lowest BCUT2D eigenvalue weighted by molar-refractivity contribution is 0.115. The monoisotopic (exact) mass is 392 g/mol. The fourth-order valence-corrected chi connectivity index (χ4v) is 4.42. The molecule has 0 aromatic carbocycles. The van der Waals surface area contributed by atoms with Gasteiger partial charge in [0, 0.05) is 23.8 Å². The van der Waals surface area contributed by atoms with E-state index in [9.17, 15) is 4.79 Å².